The fourth-order valence-corrected chi connectivity index (χ4v) is 3.86. The summed E-state index contributed by atoms with van der Waals surface area (Å²) in [5.41, 5.74) is 2.36. The third kappa shape index (κ3) is 3.06. The van der Waals surface area contributed by atoms with Gasteiger partial charge in [0, 0.05) is 17.1 Å². The minimum absolute atomic E-state index is 0.123. The third-order valence-corrected chi connectivity index (χ3v) is 4.78. The second-order valence-electron chi connectivity index (χ2n) is 6.24. The van der Waals surface area contributed by atoms with E-state index < -0.39 is 0 Å². The minimum Gasteiger partial charge on any atom is -0.326 e. The predicted octanol–water partition coefficient (Wildman–Crippen LogP) is 4.66. The highest BCUT2D eigenvalue weighted by atomic mass is 35.5. The van der Waals surface area contributed by atoms with Crippen molar-refractivity contribution in [3.8, 4) is 0 Å². The lowest BCUT2D eigenvalue weighted by Crippen LogP contribution is -2.15. The first-order valence-electron chi connectivity index (χ1n) is 7.33. The Morgan fingerprint density at radius 1 is 1.30 bits per heavy atom. The Morgan fingerprint density at radius 2 is 2.05 bits per heavy atom. The molecular formula is C17H20ClNO. The summed E-state index contributed by atoms with van der Waals surface area (Å²) in [6, 6.07) is 7.28. The van der Waals surface area contributed by atoms with Crippen LogP contribution in [0.5, 0.6) is 0 Å². The van der Waals surface area contributed by atoms with Gasteiger partial charge in [-0.25, -0.2) is 0 Å². The van der Waals surface area contributed by atoms with Crippen molar-refractivity contribution in [2.45, 2.75) is 32.6 Å². The molecule has 2 nitrogen and oxygen atoms in total. The van der Waals surface area contributed by atoms with Crippen molar-refractivity contribution in [1.82, 2.24) is 0 Å². The molecule has 1 aromatic rings. The van der Waals surface area contributed by atoms with E-state index in [-0.39, 0.29) is 5.91 Å². The highest BCUT2D eigenvalue weighted by Crippen LogP contribution is 2.46. The van der Waals surface area contributed by atoms with Crippen molar-refractivity contribution >= 4 is 23.2 Å². The number of anilines is 1. The highest BCUT2D eigenvalue weighted by molar-refractivity contribution is 6.30. The van der Waals surface area contributed by atoms with Gasteiger partial charge in [0.05, 0.1) is 0 Å². The van der Waals surface area contributed by atoms with Crippen molar-refractivity contribution in [2.75, 3.05) is 5.32 Å². The van der Waals surface area contributed by atoms with E-state index in [9.17, 15) is 4.79 Å². The van der Waals surface area contributed by atoms with Crippen molar-refractivity contribution in [1.29, 1.82) is 0 Å². The zero-order valence-electron chi connectivity index (χ0n) is 11.7. The highest BCUT2D eigenvalue weighted by Gasteiger charge is 2.36. The van der Waals surface area contributed by atoms with Crippen LogP contribution < -0.4 is 5.32 Å². The van der Waals surface area contributed by atoms with Gasteiger partial charge in [0.25, 0.3) is 0 Å². The van der Waals surface area contributed by atoms with Crippen LogP contribution in [0.25, 0.3) is 0 Å². The molecule has 0 heterocycles. The summed E-state index contributed by atoms with van der Waals surface area (Å²) in [5, 5.41) is 3.65. The van der Waals surface area contributed by atoms with Crippen LogP contribution in [0.1, 0.15) is 32.6 Å². The van der Waals surface area contributed by atoms with Crippen molar-refractivity contribution in [2.24, 2.45) is 17.8 Å². The Morgan fingerprint density at radius 3 is 2.75 bits per heavy atom. The molecule has 2 aliphatic rings. The van der Waals surface area contributed by atoms with E-state index in [0.717, 1.165) is 17.5 Å². The largest absolute Gasteiger partial charge is 0.326 e. The molecule has 0 aliphatic heterocycles. The summed E-state index contributed by atoms with van der Waals surface area (Å²) in [6.07, 6.45) is 6.67. The van der Waals surface area contributed by atoms with E-state index in [4.69, 9.17) is 11.6 Å². The van der Waals surface area contributed by atoms with E-state index in [1.807, 2.05) is 12.1 Å². The quantitative estimate of drug-likeness (QED) is 0.806. The first-order chi connectivity index (χ1) is 9.60. The molecule has 0 spiro atoms. The number of nitrogens with one attached hydrogen (secondary N) is 1. The lowest BCUT2D eigenvalue weighted by atomic mass is 9.98. The third-order valence-electron chi connectivity index (χ3n) is 4.53. The van der Waals surface area contributed by atoms with Gasteiger partial charge in [-0.05, 0) is 68.2 Å². The zero-order chi connectivity index (χ0) is 14.1. The normalized spacial score (nSPS) is 28.1. The summed E-state index contributed by atoms with van der Waals surface area (Å²) in [4.78, 5) is 12.1. The summed E-state index contributed by atoms with van der Waals surface area (Å²) < 4.78 is 0. The van der Waals surface area contributed by atoms with Gasteiger partial charge in [-0.1, -0.05) is 23.3 Å². The van der Waals surface area contributed by atoms with Crippen molar-refractivity contribution in [3.05, 3.63) is 40.9 Å². The Balaban J connectivity index is 1.52. The van der Waals surface area contributed by atoms with Gasteiger partial charge < -0.3 is 5.32 Å². The summed E-state index contributed by atoms with van der Waals surface area (Å²) in [7, 11) is 0. The molecule has 20 heavy (non-hydrogen) atoms. The zero-order valence-corrected chi connectivity index (χ0v) is 12.5. The molecular weight excluding hydrogens is 270 g/mol. The van der Waals surface area contributed by atoms with Gasteiger partial charge >= 0.3 is 0 Å². The molecule has 3 heteroatoms. The van der Waals surface area contributed by atoms with E-state index >= 15 is 0 Å². The number of allylic oxidation sites excluding steroid dienone is 2. The van der Waals surface area contributed by atoms with Crippen LogP contribution in [-0.4, -0.2) is 5.91 Å². The van der Waals surface area contributed by atoms with Gasteiger partial charge in [0.1, 0.15) is 0 Å². The maximum atomic E-state index is 12.1. The SMILES string of the molecule is CC1=C[C@@H]2C[C@H](CC(=O)Nc3ccc(Cl)cc3)C[C@@H]2C1. The van der Waals surface area contributed by atoms with E-state index in [1.165, 1.54) is 24.8 Å². The predicted molar refractivity (Wildman–Crippen MR) is 82.8 cm³/mol. The van der Waals surface area contributed by atoms with Crippen LogP contribution in [0, 0.1) is 17.8 Å². The van der Waals surface area contributed by atoms with Gasteiger partial charge in [0.2, 0.25) is 5.91 Å². The lowest BCUT2D eigenvalue weighted by Gasteiger charge is -2.11. The average Bonchev–Trinajstić information content (AvgIpc) is 2.88. The minimum atomic E-state index is 0.123. The molecule has 0 radical (unpaired) electrons. The number of halogens is 1. The van der Waals surface area contributed by atoms with Crippen LogP contribution in [0.15, 0.2) is 35.9 Å². The number of rotatable bonds is 3. The van der Waals surface area contributed by atoms with Gasteiger partial charge in [-0.2, -0.15) is 0 Å². The lowest BCUT2D eigenvalue weighted by molar-refractivity contribution is -0.117. The molecule has 3 atom stereocenters. The fraction of sp³-hybridized carbons (Fsp3) is 0.471. The molecule has 0 bridgehead atoms. The molecule has 1 saturated carbocycles. The average molecular weight is 290 g/mol. The monoisotopic (exact) mass is 289 g/mol. The smallest absolute Gasteiger partial charge is 0.224 e. The van der Waals surface area contributed by atoms with E-state index in [2.05, 4.69) is 18.3 Å². The number of amides is 1. The number of hydrogen-bond donors (Lipinski definition) is 1. The van der Waals surface area contributed by atoms with Crippen molar-refractivity contribution in [3.63, 3.8) is 0 Å². The first kappa shape index (κ1) is 13.7. The number of fused-ring (bicyclic) bond motifs is 1. The molecule has 1 fully saturated rings. The number of benzene rings is 1. The molecule has 106 valence electrons. The fourth-order valence-electron chi connectivity index (χ4n) is 3.74. The van der Waals surface area contributed by atoms with E-state index in [1.54, 1.807) is 12.1 Å². The molecule has 2 aliphatic carbocycles. The van der Waals surface area contributed by atoms with Gasteiger partial charge in [-0.3, -0.25) is 4.79 Å². The number of hydrogen-bond acceptors (Lipinski definition) is 1. The van der Waals surface area contributed by atoms with Crippen LogP contribution in [-0.2, 0) is 4.79 Å². The van der Waals surface area contributed by atoms with Crippen LogP contribution >= 0.6 is 11.6 Å². The molecule has 3 rings (SSSR count). The Bertz CT molecular complexity index is 534. The standard InChI is InChI=1S/C17H20ClNO/c1-11-6-13-8-12(9-14(13)7-11)10-17(20)19-16-4-2-15(18)3-5-16/h2-6,12-14H,7-10H2,1H3,(H,19,20)/t12-,13+,14-/m0/s1. The second kappa shape index (κ2) is 5.61. The number of carbonyl (C=O) groups is 1. The summed E-state index contributed by atoms with van der Waals surface area (Å²) in [6.45, 7) is 2.22. The second-order valence-corrected chi connectivity index (χ2v) is 6.67. The van der Waals surface area contributed by atoms with Gasteiger partial charge in [0.15, 0.2) is 0 Å². The number of carbonyl (C=O) groups excluding carboxylic acids is 1. The van der Waals surface area contributed by atoms with E-state index in [0.29, 0.717) is 17.4 Å². The molecule has 1 aromatic carbocycles. The topological polar surface area (TPSA) is 29.1 Å². The molecule has 1 amide bonds. The molecule has 0 saturated heterocycles. The van der Waals surface area contributed by atoms with Gasteiger partial charge in [-0.15, -0.1) is 0 Å². The Kier molecular flexibility index (Phi) is 3.84. The van der Waals surface area contributed by atoms with Crippen molar-refractivity contribution < 1.29 is 4.79 Å². The molecule has 1 N–H and O–H groups in total. The van der Waals surface area contributed by atoms with Crippen LogP contribution in [0.4, 0.5) is 5.69 Å². The summed E-state index contributed by atoms with van der Waals surface area (Å²) in [5.74, 6) is 2.19. The molecule has 0 aromatic heterocycles. The molecule has 0 unspecified atom stereocenters. The Hall–Kier alpha value is -1.28. The summed E-state index contributed by atoms with van der Waals surface area (Å²) >= 11 is 5.83. The maximum absolute atomic E-state index is 12.1. The maximum Gasteiger partial charge on any atom is 0.224 e. The Labute approximate surface area is 125 Å². The first-order valence-corrected chi connectivity index (χ1v) is 7.70. The van der Waals surface area contributed by atoms with Crippen LogP contribution in [0.3, 0.4) is 0 Å². The van der Waals surface area contributed by atoms with Crippen LogP contribution in [0.2, 0.25) is 5.02 Å².